The molecule has 0 saturated carbocycles. The number of nitrogens with one attached hydrogen (secondary N) is 6. The lowest BCUT2D eigenvalue weighted by Gasteiger charge is -2.27. The molecule has 6 amide bonds. The molecule has 6 rings (SSSR count). The largest absolute Gasteiger partial charge is 0.372 e. The van der Waals surface area contributed by atoms with Crippen molar-refractivity contribution in [1.29, 1.82) is 0 Å². The third kappa shape index (κ3) is 13.0. The molecule has 7 N–H and O–H groups in total. The molecule has 3 atom stereocenters. The molecule has 332 valence electrons. The highest BCUT2D eigenvalue weighted by Gasteiger charge is 2.39. The maximum Gasteiger partial charge on any atom is 0.247 e. The molecule has 3 aromatic carbocycles. The average molecular weight is 876 g/mol. The van der Waals surface area contributed by atoms with Gasteiger partial charge in [0.05, 0.1) is 52.7 Å². The molecular weight excluding hydrogens is 827 g/mol. The van der Waals surface area contributed by atoms with Gasteiger partial charge in [-0.1, -0.05) is 91.0 Å². The zero-order valence-electron chi connectivity index (χ0n) is 35.9. The first kappa shape index (κ1) is 46.4. The summed E-state index contributed by atoms with van der Waals surface area (Å²) in [4.78, 5) is 90.0. The summed E-state index contributed by atoms with van der Waals surface area (Å²) in [6.07, 6.45) is 4.76. The Morgan fingerprint density at radius 2 is 0.692 bits per heavy atom. The van der Waals surface area contributed by atoms with Crippen molar-refractivity contribution in [3.63, 3.8) is 0 Å². The average Bonchev–Trinajstić information content (AvgIpc) is 3.29. The van der Waals surface area contributed by atoms with Crippen LogP contribution in [-0.4, -0.2) is 73.6 Å². The number of anilines is 3. The predicted octanol–water partition coefficient (Wildman–Crippen LogP) is 4.21. The number of amides is 6. The molecule has 3 aromatic heterocycles. The summed E-state index contributed by atoms with van der Waals surface area (Å²) in [5.74, 6) is -2.59. The summed E-state index contributed by atoms with van der Waals surface area (Å²) in [5.41, 5.74) is 1.36. The number of benzene rings is 3. The van der Waals surface area contributed by atoms with Gasteiger partial charge in [-0.15, -0.1) is 0 Å². The Morgan fingerprint density at radius 3 is 0.908 bits per heavy atom. The lowest BCUT2D eigenvalue weighted by molar-refractivity contribution is -0.125. The van der Waals surface area contributed by atoms with E-state index < -0.39 is 41.4 Å². The van der Waals surface area contributed by atoms with Crippen molar-refractivity contribution in [2.45, 2.75) is 63.8 Å². The van der Waals surface area contributed by atoms with Crippen molar-refractivity contribution >= 4 is 52.5 Å². The molecule has 0 fully saturated rings. The zero-order chi connectivity index (χ0) is 46.3. The quantitative estimate of drug-likeness (QED) is 0.0650. The first-order valence-corrected chi connectivity index (χ1v) is 20.7. The Hall–Kier alpha value is -8.11. The van der Waals surface area contributed by atoms with Crippen LogP contribution in [0, 0.1) is 0 Å². The van der Waals surface area contributed by atoms with Gasteiger partial charge in [-0.05, 0) is 53.1 Å². The van der Waals surface area contributed by atoms with Crippen LogP contribution in [0.3, 0.4) is 0 Å². The molecule has 0 unspecified atom stereocenters. The summed E-state index contributed by atoms with van der Waals surface area (Å²) >= 11 is 0. The van der Waals surface area contributed by atoms with Crippen molar-refractivity contribution in [3.8, 4) is 0 Å². The van der Waals surface area contributed by atoms with E-state index in [1.165, 1.54) is 75.8 Å². The van der Waals surface area contributed by atoms with Crippen LogP contribution in [0.4, 0.5) is 17.1 Å². The first-order valence-electron chi connectivity index (χ1n) is 20.7. The van der Waals surface area contributed by atoms with Gasteiger partial charge in [-0.3, -0.25) is 43.7 Å². The van der Waals surface area contributed by atoms with Crippen LogP contribution in [0.2, 0.25) is 0 Å². The van der Waals surface area contributed by atoms with E-state index in [0.717, 1.165) is 16.7 Å². The topological polar surface area (TPSA) is 233 Å². The number of nitrogens with zero attached hydrogens (tertiary/aromatic N) is 3. The van der Waals surface area contributed by atoms with Gasteiger partial charge >= 0.3 is 0 Å². The van der Waals surface area contributed by atoms with Crippen molar-refractivity contribution < 1.29 is 33.9 Å². The number of hydrogen-bond donors (Lipinski definition) is 7. The Morgan fingerprint density at radius 1 is 0.431 bits per heavy atom. The Balaban J connectivity index is 1.27. The Bertz CT molecular complexity index is 2290. The molecule has 16 heteroatoms. The van der Waals surface area contributed by atoms with Gasteiger partial charge in [0.15, 0.2) is 5.60 Å². The molecule has 0 radical (unpaired) electrons. The van der Waals surface area contributed by atoms with Crippen LogP contribution >= 0.6 is 0 Å². The summed E-state index contributed by atoms with van der Waals surface area (Å²) in [7, 11) is 0. The molecule has 3 heterocycles. The number of pyridine rings is 3. The third-order valence-corrected chi connectivity index (χ3v) is 10.1. The number of aromatic nitrogens is 3. The van der Waals surface area contributed by atoms with Crippen molar-refractivity contribution in [3.05, 3.63) is 180 Å². The lowest BCUT2D eigenvalue weighted by Crippen LogP contribution is -2.44. The number of carbonyl (C=O) groups excluding carboxylic acids is 6. The highest BCUT2D eigenvalue weighted by atomic mass is 16.3. The van der Waals surface area contributed by atoms with E-state index in [1.807, 2.05) is 91.0 Å². The molecule has 0 spiro atoms. The molecule has 65 heavy (non-hydrogen) atoms. The molecular formula is C49H49N9O7. The van der Waals surface area contributed by atoms with E-state index in [1.54, 1.807) is 0 Å². The second kappa shape index (κ2) is 21.8. The fourth-order valence-corrected chi connectivity index (χ4v) is 7.04. The van der Waals surface area contributed by atoms with E-state index in [4.69, 9.17) is 0 Å². The zero-order valence-corrected chi connectivity index (χ0v) is 35.9. The minimum absolute atomic E-state index is 0.0499. The van der Waals surface area contributed by atoms with E-state index in [0.29, 0.717) is 0 Å². The number of aliphatic hydroxyl groups is 1. The Kier molecular flexibility index (Phi) is 15.6. The maximum atomic E-state index is 13.4. The van der Waals surface area contributed by atoms with Crippen LogP contribution in [0.25, 0.3) is 0 Å². The Labute approximate surface area is 375 Å². The van der Waals surface area contributed by atoms with E-state index in [-0.39, 0.29) is 71.1 Å². The van der Waals surface area contributed by atoms with Gasteiger partial charge in [-0.25, -0.2) is 0 Å². The summed E-state index contributed by atoms with van der Waals surface area (Å²) in [5, 5.41) is 29.1. The highest BCUT2D eigenvalue weighted by Crippen LogP contribution is 2.35. The minimum Gasteiger partial charge on any atom is -0.372 e. The highest BCUT2D eigenvalue weighted by molar-refractivity contribution is 5.98. The van der Waals surface area contributed by atoms with E-state index in [2.05, 4.69) is 46.9 Å². The minimum atomic E-state index is -2.14. The summed E-state index contributed by atoms with van der Waals surface area (Å²) in [6.45, 7) is 3.98. The summed E-state index contributed by atoms with van der Waals surface area (Å²) in [6, 6.07) is 34.1. The van der Waals surface area contributed by atoms with Gasteiger partial charge in [0.2, 0.25) is 35.4 Å². The number of hydrogen-bond acceptors (Lipinski definition) is 10. The predicted molar refractivity (Wildman–Crippen MR) is 244 cm³/mol. The molecule has 0 aliphatic heterocycles. The molecule has 16 nitrogen and oxygen atoms in total. The number of rotatable bonds is 18. The smallest absolute Gasteiger partial charge is 0.247 e. The van der Waals surface area contributed by atoms with Gasteiger partial charge in [0.25, 0.3) is 0 Å². The van der Waals surface area contributed by atoms with Gasteiger partial charge in [0, 0.05) is 40.0 Å². The SMILES string of the molecule is CC(=O)N[C@H](Cc1ccccc1)C(=O)Nc1ccc(C(O)(c2ccc(NC(=O)[C@@H](Cc3ccccc3)NC(C)=O)cn2)c2ccc(NC(=O)[C@@H](Cc3ccccc3)NC(C)=O)cn2)nc1. The molecule has 0 aliphatic carbocycles. The third-order valence-electron chi connectivity index (χ3n) is 10.1. The van der Waals surface area contributed by atoms with Crippen molar-refractivity contribution in [2.24, 2.45) is 0 Å². The lowest BCUT2D eigenvalue weighted by atomic mass is 9.89. The second-order valence-electron chi connectivity index (χ2n) is 15.3. The van der Waals surface area contributed by atoms with Crippen LogP contribution in [0.15, 0.2) is 146 Å². The van der Waals surface area contributed by atoms with Gasteiger partial charge < -0.3 is 37.0 Å². The maximum absolute atomic E-state index is 13.4. The van der Waals surface area contributed by atoms with Crippen molar-refractivity contribution in [1.82, 2.24) is 30.9 Å². The molecule has 0 bridgehead atoms. The van der Waals surface area contributed by atoms with Gasteiger partial charge in [0.1, 0.15) is 18.1 Å². The molecule has 6 aromatic rings. The molecule has 0 saturated heterocycles. The van der Waals surface area contributed by atoms with E-state index >= 15 is 0 Å². The van der Waals surface area contributed by atoms with Crippen LogP contribution < -0.4 is 31.9 Å². The standard InChI is InChI=1S/C49H49N9O7/c1-31(59)53-40(25-34-13-7-4-8-14-34)46(62)56-37-19-22-43(50-28-37)49(65,44-23-20-38(29-51-44)57-47(63)41(54-32(2)60)26-35-15-9-5-10-16-35)45-24-21-39(30-52-45)58-48(64)42(55-33(3)61)27-36-17-11-6-12-18-36/h4-24,28-30,40-42,65H,25-27H2,1-3H3,(H,53,59)(H,54,60)(H,55,61)(H,56,62)(H,57,63)(H,58,64)/t40-,41-,42-/m1/s1. The summed E-state index contributed by atoms with van der Waals surface area (Å²) < 4.78 is 0. The molecule has 0 aliphatic rings. The fourth-order valence-electron chi connectivity index (χ4n) is 7.04. The normalized spacial score (nSPS) is 12.4. The van der Waals surface area contributed by atoms with Crippen LogP contribution in [0.1, 0.15) is 54.5 Å². The van der Waals surface area contributed by atoms with Gasteiger partial charge in [-0.2, -0.15) is 0 Å². The monoisotopic (exact) mass is 875 g/mol. The first-order chi connectivity index (χ1) is 31.3. The van der Waals surface area contributed by atoms with Crippen LogP contribution in [0.5, 0.6) is 0 Å². The number of carbonyl (C=O) groups is 6. The van der Waals surface area contributed by atoms with Crippen LogP contribution in [-0.2, 0) is 53.6 Å². The fraction of sp³-hybridized carbons (Fsp3) is 0.204. The second-order valence-corrected chi connectivity index (χ2v) is 15.3. The van der Waals surface area contributed by atoms with E-state index in [9.17, 15) is 33.9 Å². The van der Waals surface area contributed by atoms with Crippen molar-refractivity contribution in [2.75, 3.05) is 16.0 Å².